The van der Waals surface area contributed by atoms with Crippen LogP contribution < -0.4 is 4.90 Å². The summed E-state index contributed by atoms with van der Waals surface area (Å²) in [6.45, 7) is 28.3. The van der Waals surface area contributed by atoms with Crippen molar-refractivity contribution < 1.29 is 39.6 Å². The fourth-order valence-electron chi connectivity index (χ4n) is 16.7. The van der Waals surface area contributed by atoms with Gasteiger partial charge in [0.15, 0.2) is 0 Å². The minimum Gasteiger partial charge on any atom is -0.486 e. The molecule has 0 atom stereocenters. The number of rotatable bonds is 44. The first-order valence-corrected chi connectivity index (χ1v) is 49.6. The van der Waals surface area contributed by atoms with E-state index in [4.69, 9.17) is 13.1 Å². The van der Waals surface area contributed by atoms with Gasteiger partial charge in [-0.1, -0.05) is 287 Å². The third-order valence-corrected chi connectivity index (χ3v) is 28.8. The van der Waals surface area contributed by atoms with E-state index in [1.165, 1.54) is 80.8 Å². The van der Waals surface area contributed by atoms with Crippen molar-refractivity contribution in [2.24, 2.45) is 0 Å². The Morgan fingerprint density at radius 1 is 0.319 bits per heavy atom. The number of aryl methyl sites for hydroxylation is 6. The quantitative estimate of drug-likeness (QED) is 0.00928. The van der Waals surface area contributed by atoms with Gasteiger partial charge in [0.1, 0.15) is 23.3 Å². The summed E-state index contributed by atoms with van der Waals surface area (Å²) in [5, 5.41) is 59.3. The van der Waals surface area contributed by atoms with Gasteiger partial charge in [0, 0.05) is 56.1 Å². The SMILES string of the molecule is [C-]#[N+]C(=Cc1cc(CCCCCC)c(-c2ccc(C(=Cc3ccc(N(c4ccc(C=C(c5ccc(-c6sc(C=C(C#N)C(=O)O)cc6CCCCCC)cc5)c5ccc(-c6sc(C=C([N+]#[C-])C(=O)O)cc6CCCCCC)cc5)cc4)c4ccc(C=C(c5ccccc5)c5ccc(C)c(C)c5)cc4)cc3)c3ccc(-c4sc(C=C(C#N)C(=O)O)cc4CCCCCC)cc3)cc2)s1)C(=O)O. The van der Waals surface area contributed by atoms with Crippen molar-refractivity contribution in [3.05, 3.63) is 391 Å². The van der Waals surface area contributed by atoms with E-state index in [-0.39, 0.29) is 22.5 Å². The molecule has 13 aromatic rings. The molecule has 0 aliphatic carbocycles. The van der Waals surface area contributed by atoms with Crippen LogP contribution in [0.5, 0.6) is 0 Å². The Labute approximate surface area is 809 Å². The van der Waals surface area contributed by atoms with Gasteiger partial charge in [0.05, 0.1) is 13.1 Å². The molecular weight excluding hydrogens is 1740 g/mol. The minimum absolute atomic E-state index is 0.325. The first kappa shape index (κ1) is 98.1. The van der Waals surface area contributed by atoms with Gasteiger partial charge in [-0.15, -0.1) is 45.3 Å². The van der Waals surface area contributed by atoms with Gasteiger partial charge in [-0.05, 0) is 291 Å². The lowest BCUT2D eigenvalue weighted by atomic mass is 9.93. The Kier molecular flexibility index (Phi) is 35.1. The van der Waals surface area contributed by atoms with Gasteiger partial charge >= 0.3 is 23.9 Å². The molecule has 9 aromatic carbocycles. The van der Waals surface area contributed by atoms with E-state index in [0.717, 1.165) is 276 Å². The molecule has 0 unspecified atom stereocenters. The number of nitriles is 2. The van der Waals surface area contributed by atoms with E-state index >= 15 is 0 Å². The number of unbranched alkanes of at least 4 members (excludes halogenated alkanes) is 12. The highest BCUT2D eigenvalue weighted by Gasteiger charge is 2.23. The summed E-state index contributed by atoms with van der Waals surface area (Å²) >= 11 is 5.95. The monoisotopic (exact) mass is 1850 g/mol. The molecule has 0 fully saturated rings. The average Bonchev–Trinajstić information content (AvgIpc) is 1.71. The van der Waals surface area contributed by atoms with Crippen LogP contribution in [0.2, 0.25) is 0 Å². The van der Waals surface area contributed by atoms with Crippen LogP contribution >= 0.6 is 45.3 Å². The zero-order valence-corrected chi connectivity index (χ0v) is 80.3. The van der Waals surface area contributed by atoms with E-state index in [9.17, 15) is 50.1 Å². The molecule has 0 radical (unpaired) electrons. The molecule has 0 saturated heterocycles. The maximum absolute atomic E-state index is 12.2. The third kappa shape index (κ3) is 25.9. The van der Waals surface area contributed by atoms with Crippen LogP contribution in [0, 0.1) is 49.7 Å². The molecule has 0 bridgehead atoms. The molecule has 0 aliphatic heterocycles. The Balaban J connectivity index is 0.936. The lowest BCUT2D eigenvalue weighted by Gasteiger charge is -2.26. The number of hydrogen-bond donors (Lipinski definition) is 4. The predicted octanol–water partition coefficient (Wildman–Crippen LogP) is 32.6. The summed E-state index contributed by atoms with van der Waals surface area (Å²) in [6, 6.07) is 89.0. The van der Waals surface area contributed by atoms with Crippen LogP contribution in [0.15, 0.2) is 265 Å². The first-order valence-electron chi connectivity index (χ1n) is 46.3. The number of thiophene rings is 4. The topological polar surface area (TPSA) is 209 Å². The lowest BCUT2D eigenvalue weighted by Crippen LogP contribution is -2.09. The smallest absolute Gasteiger partial charge is 0.346 e. The van der Waals surface area contributed by atoms with Crippen molar-refractivity contribution in [3.8, 4) is 53.9 Å². The van der Waals surface area contributed by atoms with Crippen molar-refractivity contribution >= 4 is 146 Å². The molecular formula is C118H109N5O8S4. The van der Waals surface area contributed by atoms with E-state index in [2.05, 4.69) is 287 Å². The number of carboxylic acid groups (broad SMARTS) is 4. The molecule has 0 saturated carbocycles. The van der Waals surface area contributed by atoms with Gasteiger partial charge in [-0.25, -0.2) is 19.3 Å². The van der Waals surface area contributed by atoms with Gasteiger partial charge in [0.25, 0.3) is 11.4 Å². The molecule has 678 valence electrons. The molecule has 17 heteroatoms. The van der Waals surface area contributed by atoms with Crippen LogP contribution in [-0.4, -0.2) is 44.3 Å². The Morgan fingerprint density at radius 2 is 0.593 bits per heavy atom. The second kappa shape index (κ2) is 48.3. The van der Waals surface area contributed by atoms with E-state index in [1.807, 2.05) is 42.5 Å². The van der Waals surface area contributed by atoms with Crippen LogP contribution in [0.1, 0.15) is 233 Å². The van der Waals surface area contributed by atoms with Crippen LogP contribution in [-0.2, 0) is 44.9 Å². The summed E-state index contributed by atoms with van der Waals surface area (Å²) in [7, 11) is 0. The molecule has 0 spiro atoms. The molecule has 4 N–H and O–H groups in total. The Morgan fingerprint density at radius 3 is 0.852 bits per heavy atom. The molecule has 13 nitrogen and oxygen atoms in total. The van der Waals surface area contributed by atoms with Gasteiger partial charge < -0.3 is 25.3 Å². The zero-order chi connectivity index (χ0) is 95.3. The number of hydrogen-bond acceptors (Lipinski definition) is 11. The number of anilines is 3. The van der Waals surface area contributed by atoms with Crippen molar-refractivity contribution in [2.75, 3.05) is 4.90 Å². The van der Waals surface area contributed by atoms with Crippen molar-refractivity contribution in [1.82, 2.24) is 0 Å². The minimum atomic E-state index is -1.27. The predicted molar refractivity (Wildman–Crippen MR) is 562 cm³/mol. The van der Waals surface area contributed by atoms with Crippen LogP contribution in [0.4, 0.5) is 17.1 Å². The summed E-state index contributed by atoms with van der Waals surface area (Å²) < 4.78 is 0. The summed E-state index contributed by atoms with van der Waals surface area (Å²) in [4.78, 5) is 64.5. The van der Waals surface area contributed by atoms with Crippen molar-refractivity contribution in [1.29, 1.82) is 10.5 Å². The van der Waals surface area contributed by atoms with Gasteiger partial charge in [-0.2, -0.15) is 10.5 Å². The standard InChI is InChI=1S/C118H109N5O8S4/c1-9-13-17-22-30-93-68-102(72-97(76-119)115(124)125)132-111(93)88-50-42-84(43-51-88)106(86-46-54-90(55-47-86)113-95(32-24-19-15-11-3)70-104(134-113)74-109(121-7)117(128)129)65-80-35-58-99(59-36-80)123(101-62-39-82(40-63-101)67-108(83-28-26-21-27-29-83)92-41-34-78(5)79(6)64-92)100-60-37-81(38-61-100)66-107(85-44-52-89(53-45-85)112-94(31-23-18-14-10-2)69-103(133-112)73-98(77-120)116(126)127)87-48-56-91(57-49-87)114-96(33-25-20-16-12-4)71-105(135-114)75-110(122-8)118(130)131/h21,26-29,34-75H,9-20,22-25,30-33H2,1-6H3,(H,124,125)(H,126,127)(H,128,129)(H,130,131). The highest BCUT2D eigenvalue weighted by atomic mass is 32.1. The van der Waals surface area contributed by atoms with E-state index in [0.29, 0.717) is 19.5 Å². The first-order chi connectivity index (χ1) is 65.7. The second-order valence-corrected chi connectivity index (χ2v) is 38.2. The lowest BCUT2D eigenvalue weighted by molar-refractivity contribution is -0.133. The fourth-order valence-corrected chi connectivity index (χ4v) is 21.4. The molecule has 135 heavy (non-hydrogen) atoms. The van der Waals surface area contributed by atoms with Crippen LogP contribution in [0.25, 0.3) is 111 Å². The van der Waals surface area contributed by atoms with Crippen molar-refractivity contribution in [3.63, 3.8) is 0 Å². The zero-order valence-electron chi connectivity index (χ0n) is 77.1. The summed E-state index contributed by atoms with van der Waals surface area (Å²) in [6.07, 6.45) is 32.6. The highest BCUT2D eigenvalue weighted by Crippen LogP contribution is 2.45. The third-order valence-electron chi connectivity index (χ3n) is 24.1. The van der Waals surface area contributed by atoms with Gasteiger partial charge in [-0.3, -0.25) is 9.59 Å². The molecule has 4 aromatic heterocycles. The Bertz CT molecular complexity index is 6180. The highest BCUT2D eigenvalue weighted by molar-refractivity contribution is 7.17. The second-order valence-electron chi connectivity index (χ2n) is 33.9. The molecule has 4 heterocycles. The number of aliphatic carboxylic acids is 4. The maximum Gasteiger partial charge on any atom is 0.346 e. The number of nitrogens with zero attached hydrogens (tertiary/aromatic N) is 5. The van der Waals surface area contributed by atoms with Crippen LogP contribution in [0.3, 0.4) is 0 Å². The fraction of sp³-hybridized carbons (Fsp3) is 0.220. The maximum atomic E-state index is 12.2. The Hall–Kier alpha value is -14.4. The molecule has 0 amide bonds. The number of benzene rings is 9. The molecule has 0 aliphatic rings. The van der Waals surface area contributed by atoms with E-state index in [1.54, 1.807) is 0 Å². The normalized spacial score (nSPS) is 12.1. The molecule has 13 rings (SSSR count). The summed E-state index contributed by atoms with van der Waals surface area (Å²) in [5.74, 6) is -5.08. The average molecular weight is 1850 g/mol. The van der Waals surface area contributed by atoms with E-state index < -0.39 is 23.9 Å². The van der Waals surface area contributed by atoms with Gasteiger partial charge in [0.2, 0.25) is 0 Å². The van der Waals surface area contributed by atoms with Crippen molar-refractivity contribution in [2.45, 2.75) is 170 Å². The number of carbonyl (C=O) groups is 4. The number of carboxylic acids is 4. The largest absolute Gasteiger partial charge is 0.486 e. The summed E-state index contributed by atoms with van der Waals surface area (Å²) in [5.41, 5.74) is 24.0.